The summed E-state index contributed by atoms with van der Waals surface area (Å²) in [5, 5.41) is 14.4. The molecule has 1 aromatic heterocycles. The molecule has 3 aromatic carbocycles. The fourth-order valence-corrected chi connectivity index (χ4v) is 3.53. The summed E-state index contributed by atoms with van der Waals surface area (Å²) in [5.74, 6) is -0.707. The van der Waals surface area contributed by atoms with Gasteiger partial charge in [-0.05, 0) is 42.5 Å². The minimum atomic E-state index is -0.747. The molecule has 1 heterocycles. The Morgan fingerprint density at radius 2 is 1.74 bits per heavy atom. The number of ether oxygens (including phenoxy) is 3. The number of halogens is 1. The van der Waals surface area contributed by atoms with Gasteiger partial charge in [0.25, 0.3) is 5.91 Å². The number of aromatic nitrogens is 2. The largest absolute Gasteiger partial charge is 0.493 e. The highest BCUT2D eigenvalue weighted by molar-refractivity contribution is 6.09. The third kappa shape index (κ3) is 4.06. The predicted octanol–water partition coefficient (Wildman–Crippen LogP) is 4.56. The second-order valence-corrected chi connectivity index (χ2v) is 7.08. The average molecular weight is 466 g/mol. The number of hydrogen-bond acceptors (Lipinski definition) is 7. The van der Waals surface area contributed by atoms with Crippen molar-refractivity contribution in [1.29, 1.82) is 0 Å². The number of hydrogen-bond donors (Lipinski definition) is 2. The molecule has 0 spiro atoms. The van der Waals surface area contributed by atoms with Crippen molar-refractivity contribution in [3.05, 3.63) is 70.0 Å². The van der Waals surface area contributed by atoms with Gasteiger partial charge in [0.05, 0.1) is 37.3 Å². The molecule has 174 valence electrons. The van der Waals surface area contributed by atoms with E-state index in [4.69, 9.17) is 14.2 Å². The molecular weight excluding hydrogens is 447 g/mol. The summed E-state index contributed by atoms with van der Waals surface area (Å²) in [4.78, 5) is 31.7. The van der Waals surface area contributed by atoms with Gasteiger partial charge in [-0.2, -0.15) is 0 Å². The number of aromatic amines is 1. The summed E-state index contributed by atoms with van der Waals surface area (Å²) >= 11 is 0. The van der Waals surface area contributed by atoms with Gasteiger partial charge in [0, 0.05) is 17.3 Å². The van der Waals surface area contributed by atoms with Crippen LogP contribution in [0.5, 0.6) is 17.2 Å². The normalized spacial score (nSPS) is 10.7. The maximum atomic E-state index is 13.2. The predicted molar refractivity (Wildman–Crippen MR) is 122 cm³/mol. The number of nitro benzene ring substituents is 1. The average Bonchev–Trinajstić information content (AvgIpc) is 3.26. The maximum absolute atomic E-state index is 13.2. The van der Waals surface area contributed by atoms with Crippen LogP contribution in [0.1, 0.15) is 10.4 Å². The Morgan fingerprint density at radius 1 is 1.03 bits per heavy atom. The van der Waals surface area contributed by atoms with Gasteiger partial charge in [-0.15, -0.1) is 0 Å². The molecule has 0 saturated carbocycles. The summed E-state index contributed by atoms with van der Waals surface area (Å²) in [6.45, 7) is 0. The number of nitro groups is 1. The smallest absolute Gasteiger partial charge is 0.327 e. The van der Waals surface area contributed by atoms with Gasteiger partial charge in [-0.1, -0.05) is 0 Å². The molecule has 10 nitrogen and oxygen atoms in total. The third-order valence-corrected chi connectivity index (χ3v) is 5.09. The minimum Gasteiger partial charge on any atom is -0.493 e. The van der Waals surface area contributed by atoms with E-state index in [9.17, 15) is 19.3 Å². The van der Waals surface area contributed by atoms with E-state index in [0.29, 0.717) is 28.1 Å². The molecule has 2 N–H and O–H groups in total. The third-order valence-electron chi connectivity index (χ3n) is 5.09. The van der Waals surface area contributed by atoms with Crippen LogP contribution >= 0.6 is 0 Å². The highest BCUT2D eigenvalue weighted by atomic mass is 19.1. The first-order chi connectivity index (χ1) is 16.4. The summed E-state index contributed by atoms with van der Waals surface area (Å²) in [6, 6.07) is 12.0. The van der Waals surface area contributed by atoms with Crippen LogP contribution in [0, 0.1) is 15.9 Å². The quantitative estimate of drug-likeness (QED) is 0.302. The number of benzene rings is 3. The van der Waals surface area contributed by atoms with Crippen LogP contribution < -0.4 is 19.5 Å². The number of amides is 1. The van der Waals surface area contributed by atoms with Crippen molar-refractivity contribution in [2.24, 2.45) is 0 Å². The number of nitrogens with zero attached hydrogens (tertiary/aromatic N) is 2. The number of nitrogens with one attached hydrogen (secondary N) is 2. The van der Waals surface area contributed by atoms with E-state index in [2.05, 4.69) is 15.3 Å². The van der Waals surface area contributed by atoms with E-state index in [-0.39, 0.29) is 28.6 Å². The van der Waals surface area contributed by atoms with Crippen molar-refractivity contribution >= 4 is 28.3 Å². The standard InChI is InChI=1S/C23H19FN4O6/c1-32-18-11-15(19(28(30)31)21(34-3)20(18)33-2)23(29)25-14-8-9-16-17(10-14)27-22(26-16)12-4-6-13(24)7-5-12/h4-11H,1-3H3,(H,25,29)(H,26,27). The number of H-pyrrole nitrogens is 1. The van der Waals surface area contributed by atoms with Gasteiger partial charge >= 0.3 is 5.69 Å². The first-order valence-electron chi connectivity index (χ1n) is 9.90. The van der Waals surface area contributed by atoms with Crippen LogP contribution in [0.2, 0.25) is 0 Å². The summed E-state index contributed by atoms with van der Waals surface area (Å²) in [6.07, 6.45) is 0. The molecule has 4 aromatic rings. The number of rotatable bonds is 7. The summed E-state index contributed by atoms with van der Waals surface area (Å²) in [5.41, 5.74) is 1.47. The van der Waals surface area contributed by atoms with Gasteiger partial charge in [0.15, 0.2) is 5.75 Å². The van der Waals surface area contributed by atoms with Crippen molar-refractivity contribution in [3.8, 4) is 28.6 Å². The van der Waals surface area contributed by atoms with E-state index in [0.717, 1.165) is 0 Å². The number of imidazole rings is 1. The van der Waals surface area contributed by atoms with Gasteiger partial charge in [0.1, 0.15) is 17.2 Å². The molecule has 0 atom stereocenters. The summed E-state index contributed by atoms with van der Waals surface area (Å²) in [7, 11) is 3.89. The van der Waals surface area contributed by atoms with Crippen LogP contribution in [-0.4, -0.2) is 42.1 Å². The summed E-state index contributed by atoms with van der Waals surface area (Å²) < 4.78 is 28.8. The molecule has 11 heteroatoms. The topological polar surface area (TPSA) is 129 Å². The Hall–Kier alpha value is -4.67. The number of carbonyl (C=O) groups excluding carboxylic acids is 1. The zero-order valence-corrected chi connectivity index (χ0v) is 18.3. The molecule has 0 aliphatic heterocycles. The van der Waals surface area contributed by atoms with Gasteiger partial charge in [-0.25, -0.2) is 9.37 Å². The van der Waals surface area contributed by atoms with Gasteiger partial charge in [0.2, 0.25) is 11.5 Å². The molecule has 0 aliphatic rings. The molecule has 0 aliphatic carbocycles. The molecule has 0 bridgehead atoms. The number of methoxy groups -OCH3 is 3. The molecule has 0 radical (unpaired) electrons. The Morgan fingerprint density at radius 3 is 2.35 bits per heavy atom. The van der Waals surface area contributed by atoms with Crippen LogP contribution in [0.3, 0.4) is 0 Å². The molecule has 34 heavy (non-hydrogen) atoms. The van der Waals surface area contributed by atoms with Gasteiger partial charge in [-0.3, -0.25) is 14.9 Å². The van der Waals surface area contributed by atoms with Crippen molar-refractivity contribution in [3.63, 3.8) is 0 Å². The number of anilines is 1. The SMILES string of the molecule is COc1cc(C(=O)Nc2ccc3nc(-c4ccc(F)cc4)[nH]c3c2)c([N+](=O)[O-])c(OC)c1OC. The first kappa shape index (κ1) is 22.5. The second kappa shape index (κ2) is 9.06. The van der Waals surface area contributed by atoms with Crippen molar-refractivity contribution in [2.45, 2.75) is 0 Å². The Bertz CT molecular complexity index is 1400. The Balaban J connectivity index is 1.70. The first-order valence-corrected chi connectivity index (χ1v) is 9.90. The van der Waals surface area contributed by atoms with Crippen LogP contribution in [0.25, 0.3) is 22.4 Å². The lowest BCUT2D eigenvalue weighted by atomic mass is 10.1. The van der Waals surface area contributed by atoms with Crippen molar-refractivity contribution in [2.75, 3.05) is 26.6 Å². The lowest BCUT2D eigenvalue weighted by Crippen LogP contribution is -2.15. The molecule has 1 amide bonds. The molecule has 0 fully saturated rings. The zero-order chi connectivity index (χ0) is 24.4. The van der Waals surface area contributed by atoms with E-state index >= 15 is 0 Å². The minimum absolute atomic E-state index is 0.000419. The zero-order valence-electron chi connectivity index (χ0n) is 18.3. The monoisotopic (exact) mass is 466 g/mol. The molecule has 4 rings (SSSR count). The number of carbonyl (C=O) groups is 1. The molecule has 0 saturated heterocycles. The highest BCUT2D eigenvalue weighted by Gasteiger charge is 2.32. The van der Waals surface area contributed by atoms with Gasteiger partial charge < -0.3 is 24.5 Å². The second-order valence-electron chi connectivity index (χ2n) is 7.08. The van der Waals surface area contributed by atoms with Crippen LogP contribution in [0.15, 0.2) is 48.5 Å². The van der Waals surface area contributed by atoms with E-state index in [1.807, 2.05) is 0 Å². The fourth-order valence-electron chi connectivity index (χ4n) is 3.53. The lowest BCUT2D eigenvalue weighted by Gasteiger charge is -2.15. The Kier molecular flexibility index (Phi) is 6.00. The van der Waals surface area contributed by atoms with Crippen LogP contribution in [0.4, 0.5) is 15.8 Å². The van der Waals surface area contributed by atoms with E-state index in [1.165, 1.54) is 39.5 Å². The molecule has 0 unspecified atom stereocenters. The van der Waals surface area contributed by atoms with E-state index < -0.39 is 16.5 Å². The van der Waals surface area contributed by atoms with Crippen LogP contribution in [-0.2, 0) is 0 Å². The highest BCUT2D eigenvalue weighted by Crippen LogP contribution is 2.46. The fraction of sp³-hybridized carbons (Fsp3) is 0.130. The number of fused-ring (bicyclic) bond motifs is 1. The van der Waals surface area contributed by atoms with E-state index in [1.54, 1.807) is 30.3 Å². The van der Waals surface area contributed by atoms with Crippen molar-refractivity contribution in [1.82, 2.24) is 9.97 Å². The lowest BCUT2D eigenvalue weighted by molar-refractivity contribution is -0.386. The molecular formula is C23H19FN4O6. The Labute approximate surface area is 192 Å². The maximum Gasteiger partial charge on any atom is 0.327 e. The van der Waals surface area contributed by atoms with Crippen molar-refractivity contribution < 1.29 is 28.3 Å².